The summed E-state index contributed by atoms with van der Waals surface area (Å²) in [5.41, 5.74) is 1.22. The highest BCUT2D eigenvalue weighted by atomic mass is 29.1. The molecule has 0 saturated heterocycles. The molecule has 0 fully saturated rings. The Labute approximate surface area is 67.0 Å². The Morgan fingerprint density at radius 1 is 1.40 bits per heavy atom. The lowest BCUT2D eigenvalue weighted by molar-refractivity contribution is 1.72. The summed E-state index contributed by atoms with van der Waals surface area (Å²) in [5.74, 6) is 0. The van der Waals surface area contributed by atoms with Crippen LogP contribution in [0.4, 0.5) is 0 Å². The summed E-state index contributed by atoms with van der Waals surface area (Å²) in [6.45, 7) is 3.72. The second-order valence-corrected chi connectivity index (χ2v) is 3.46. The predicted octanol–water partition coefficient (Wildman–Crippen LogP) is 0.743. The van der Waals surface area contributed by atoms with E-state index in [0.717, 1.165) is 0 Å². The van der Waals surface area contributed by atoms with Crippen LogP contribution in [-0.2, 0) is 0 Å². The highest BCUT2D eigenvalue weighted by Gasteiger charge is 1.92. The third kappa shape index (κ3) is 1.46. The molecule has 47 valence electrons. The van der Waals surface area contributed by atoms with Gasteiger partial charge in [-0.05, 0) is 5.56 Å². The molecule has 0 saturated carbocycles. The van der Waals surface area contributed by atoms with Crippen LogP contribution in [0.3, 0.4) is 0 Å². The van der Waals surface area contributed by atoms with E-state index in [2.05, 4.69) is 28.5 Å². The second-order valence-electron chi connectivity index (χ2n) is 1.92. The lowest BCUT2D eigenvalue weighted by Gasteiger charge is -1.99. The fraction of sp³-hybridized carbons (Fsp3) is 0. The highest BCUT2D eigenvalue weighted by molar-refractivity contribution is 6.97. The number of benzene rings is 1. The van der Waals surface area contributed by atoms with Gasteiger partial charge in [-0.2, -0.15) is 0 Å². The van der Waals surface area contributed by atoms with Gasteiger partial charge in [0.05, 0.1) is 9.04 Å². The number of hydrogen-bond acceptors (Lipinski definition) is 0. The zero-order chi connectivity index (χ0) is 7.40. The van der Waals surface area contributed by atoms with Crippen LogP contribution in [0.15, 0.2) is 30.8 Å². The Morgan fingerprint density at radius 3 is 2.60 bits per heavy atom. The van der Waals surface area contributed by atoms with Gasteiger partial charge in [0.15, 0.2) is 0 Å². The van der Waals surface area contributed by atoms with Gasteiger partial charge in [0, 0.05) is 9.76 Å². The van der Waals surface area contributed by atoms with Crippen molar-refractivity contribution in [2.45, 2.75) is 0 Å². The zero-order valence-corrected chi connectivity index (χ0v) is 7.59. The van der Waals surface area contributed by atoms with E-state index in [1.165, 1.54) is 10.8 Å². The molecule has 0 spiro atoms. The summed E-state index contributed by atoms with van der Waals surface area (Å²) in [5, 5.41) is 1.31. The fourth-order valence-electron chi connectivity index (χ4n) is 0.789. The minimum atomic E-state index is 0.670. The van der Waals surface area contributed by atoms with Crippen molar-refractivity contribution in [1.29, 1.82) is 0 Å². The summed E-state index contributed by atoms with van der Waals surface area (Å²) >= 11 is 0. The lowest BCUT2D eigenvalue weighted by Crippen LogP contribution is -2.16. The second kappa shape index (κ2) is 3.53. The molecule has 0 nitrogen and oxygen atoms in total. The molecule has 0 atom stereocenters. The van der Waals surface area contributed by atoms with E-state index in [-0.39, 0.29) is 0 Å². The van der Waals surface area contributed by atoms with E-state index >= 15 is 0 Å². The molecule has 0 bridgehead atoms. The molecule has 0 N–H and O–H groups in total. The average molecular weight is 159 g/mol. The SMILES string of the molecule is C=Cc1ccccc1[Si][Si]. The minimum Gasteiger partial charge on any atom is -0.0985 e. The molecule has 0 unspecified atom stereocenters. The van der Waals surface area contributed by atoms with Crippen molar-refractivity contribution in [1.82, 2.24) is 0 Å². The van der Waals surface area contributed by atoms with Gasteiger partial charge in [0.1, 0.15) is 0 Å². The van der Waals surface area contributed by atoms with Crippen LogP contribution in [0.2, 0.25) is 0 Å². The standard InChI is InChI=1S/C8H7Si2/c1-2-7-5-3-4-6-8(7)10-9/h2-6H,1H2. The molecule has 1 aromatic rings. The predicted molar refractivity (Wildman–Crippen MR) is 47.7 cm³/mol. The Bertz CT molecular complexity index is 230. The largest absolute Gasteiger partial charge is 0.0985 e. The molecule has 0 aliphatic heterocycles. The van der Waals surface area contributed by atoms with Gasteiger partial charge in [-0.1, -0.05) is 42.1 Å². The van der Waals surface area contributed by atoms with Crippen molar-refractivity contribution in [2.75, 3.05) is 0 Å². The molecule has 0 aliphatic carbocycles. The molecule has 0 aromatic heterocycles. The van der Waals surface area contributed by atoms with E-state index in [4.69, 9.17) is 0 Å². The Hall–Kier alpha value is -0.606. The van der Waals surface area contributed by atoms with Crippen LogP contribution in [0, 0.1) is 0 Å². The van der Waals surface area contributed by atoms with Gasteiger partial charge in [0.25, 0.3) is 0 Å². The van der Waals surface area contributed by atoms with Gasteiger partial charge in [-0.25, -0.2) is 0 Å². The van der Waals surface area contributed by atoms with Crippen molar-refractivity contribution < 1.29 is 0 Å². The lowest BCUT2D eigenvalue weighted by atomic mass is 10.2. The van der Waals surface area contributed by atoms with E-state index in [0.29, 0.717) is 9.04 Å². The fourth-order valence-corrected chi connectivity index (χ4v) is 1.98. The summed E-state index contributed by atoms with van der Waals surface area (Å²) in [4.78, 5) is 0. The molecular formula is C8H7Si2. The molecule has 1 aromatic carbocycles. The van der Waals surface area contributed by atoms with Crippen molar-refractivity contribution in [3.05, 3.63) is 36.4 Å². The Morgan fingerprint density at radius 2 is 2.10 bits per heavy atom. The van der Waals surface area contributed by atoms with Crippen LogP contribution in [0.5, 0.6) is 0 Å². The Balaban J connectivity index is 3.08. The van der Waals surface area contributed by atoms with E-state index in [9.17, 15) is 0 Å². The van der Waals surface area contributed by atoms with E-state index in [1.54, 1.807) is 0 Å². The van der Waals surface area contributed by atoms with Crippen LogP contribution < -0.4 is 5.19 Å². The first-order chi connectivity index (χ1) is 4.88. The van der Waals surface area contributed by atoms with Crippen molar-refractivity contribution in [3.63, 3.8) is 0 Å². The molecule has 5 radical (unpaired) electrons. The van der Waals surface area contributed by atoms with Crippen LogP contribution in [0.1, 0.15) is 5.56 Å². The monoisotopic (exact) mass is 159 g/mol. The molecular weight excluding hydrogens is 152 g/mol. The Kier molecular flexibility index (Phi) is 2.65. The van der Waals surface area contributed by atoms with E-state index in [1.807, 2.05) is 18.2 Å². The molecule has 0 heterocycles. The molecule has 0 aliphatic rings. The first-order valence-electron chi connectivity index (χ1n) is 3.02. The smallest absolute Gasteiger partial charge is 0.0612 e. The first-order valence-corrected chi connectivity index (χ1v) is 5.52. The van der Waals surface area contributed by atoms with Gasteiger partial charge in [-0.3, -0.25) is 0 Å². The van der Waals surface area contributed by atoms with Gasteiger partial charge >= 0.3 is 0 Å². The van der Waals surface area contributed by atoms with Crippen LogP contribution >= 0.6 is 0 Å². The van der Waals surface area contributed by atoms with Crippen LogP contribution in [-0.4, -0.2) is 18.8 Å². The molecule has 0 amide bonds. The summed E-state index contributed by atoms with van der Waals surface area (Å²) in [6, 6.07) is 8.22. The third-order valence-electron chi connectivity index (χ3n) is 1.32. The van der Waals surface area contributed by atoms with Gasteiger partial charge < -0.3 is 0 Å². The van der Waals surface area contributed by atoms with Gasteiger partial charge in [-0.15, -0.1) is 0 Å². The maximum atomic E-state index is 3.72. The zero-order valence-electron chi connectivity index (χ0n) is 5.59. The maximum absolute atomic E-state index is 3.72. The van der Waals surface area contributed by atoms with E-state index < -0.39 is 0 Å². The first kappa shape index (κ1) is 7.50. The number of hydrogen-bond donors (Lipinski definition) is 0. The maximum Gasteiger partial charge on any atom is 0.0612 e. The molecule has 1 rings (SSSR count). The molecule has 2 heteroatoms. The topological polar surface area (TPSA) is 0 Å². The van der Waals surface area contributed by atoms with Crippen molar-refractivity contribution >= 4 is 30.1 Å². The normalized spacial score (nSPS) is 9.30. The van der Waals surface area contributed by atoms with Crippen LogP contribution in [0.25, 0.3) is 6.08 Å². The van der Waals surface area contributed by atoms with Crippen molar-refractivity contribution in [3.8, 4) is 0 Å². The minimum absolute atomic E-state index is 0.670. The summed E-state index contributed by atoms with van der Waals surface area (Å²) in [7, 11) is 4.15. The highest BCUT2D eigenvalue weighted by Crippen LogP contribution is 1.95. The average Bonchev–Trinajstić information content (AvgIpc) is 2.04. The number of rotatable bonds is 2. The van der Waals surface area contributed by atoms with Gasteiger partial charge in [0.2, 0.25) is 0 Å². The van der Waals surface area contributed by atoms with Crippen molar-refractivity contribution in [2.24, 2.45) is 0 Å². The molecule has 10 heavy (non-hydrogen) atoms. The quantitative estimate of drug-likeness (QED) is 0.558. The summed E-state index contributed by atoms with van der Waals surface area (Å²) < 4.78 is 0. The summed E-state index contributed by atoms with van der Waals surface area (Å²) in [6.07, 6.45) is 1.88. The third-order valence-corrected chi connectivity index (χ3v) is 2.85.